The molecule has 1 amide bonds. The van der Waals surface area contributed by atoms with E-state index in [0.29, 0.717) is 0 Å². The van der Waals surface area contributed by atoms with Crippen molar-refractivity contribution in [2.45, 2.75) is 0 Å². The second-order valence-corrected chi connectivity index (χ2v) is 3.33. The zero-order valence-electron chi connectivity index (χ0n) is 14.5. The molecule has 1 aromatic carbocycles. The predicted octanol–water partition coefficient (Wildman–Crippen LogP) is 1.58. The predicted molar refractivity (Wildman–Crippen MR) is 61.3 cm³/mol. The van der Waals surface area contributed by atoms with E-state index in [0.717, 1.165) is 12.3 Å². The number of benzene rings is 1. The van der Waals surface area contributed by atoms with Gasteiger partial charge in [-0.15, -0.1) is 0 Å². The Hall–Kier alpha value is -2.17. The molecule has 1 N–H and O–H groups in total. The van der Waals surface area contributed by atoms with E-state index in [1.807, 2.05) is 0 Å². The molecule has 0 bridgehead atoms. The SMILES string of the molecule is [2H]C([2H])([2H])N(C(=O)C(=O)c1c[nH]c2cccc(F)c12)C([2H])([2H])[2H]. The summed E-state index contributed by atoms with van der Waals surface area (Å²) >= 11 is 0. The Balaban J connectivity index is 2.52. The second kappa shape index (κ2) is 4.01. The topological polar surface area (TPSA) is 53.2 Å². The van der Waals surface area contributed by atoms with Crippen molar-refractivity contribution in [3.05, 3.63) is 35.8 Å². The third-order valence-corrected chi connectivity index (χ3v) is 2.30. The van der Waals surface area contributed by atoms with Gasteiger partial charge in [0.2, 0.25) is 0 Å². The highest BCUT2D eigenvalue weighted by atomic mass is 19.1. The minimum absolute atomic E-state index is 0.207. The number of amides is 1. The van der Waals surface area contributed by atoms with Gasteiger partial charge in [-0.25, -0.2) is 4.39 Å². The summed E-state index contributed by atoms with van der Waals surface area (Å²) in [6, 6.07) is 3.88. The summed E-state index contributed by atoms with van der Waals surface area (Å²) in [5, 5.41) is -0.207. The molecule has 5 heteroatoms. The number of Topliss-reactive ketones (excluding diaryl/α,β-unsaturated/α-hetero) is 1. The Labute approximate surface area is 105 Å². The van der Waals surface area contributed by atoms with Crippen LogP contribution in [-0.2, 0) is 4.79 Å². The zero-order chi connectivity index (χ0) is 17.6. The van der Waals surface area contributed by atoms with Crippen LogP contribution in [0, 0.1) is 5.82 Å². The van der Waals surface area contributed by atoms with Gasteiger partial charge < -0.3 is 9.88 Å². The molecule has 4 nitrogen and oxygen atoms in total. The van der Waals surface area contributed by atoms with Crippen LogP contribution >= 0.6 is 0 Å². The molecule has 0 aliphatic rings. The van der Waals surface area contributed by atoms with E-state index in [2.05, 4.69) is 4.98 Å². The highest BCUT2D eigenvalue weighted by Gasteiger charge is 2.22. The maximum Gasteiger partial charge on any atom is 0.294 e. The normalized spacial score (nSPS) is 17.2. The molecule has 0 saturated heterocycles. The van der Waals surface area contributed by atoms with E-state index >= 15 is 0 Å². The lowest BCUT2D eigenvalue weighted by atomic mass is 10.1. The van der Waals surface area contributed by atoms with Gasteiger partial charge in [0.15, 0.2) is 0 Å². The first kappa shape index (κ1) is 5.95. The fraction of sp³-hybridized carbons (Fsp3) is 0.167. The Morgan fingerprint density at radius 2 is 2.18 bits per heavy atom. The van der Waals surface area contributed by atoms with Crippen LogP contribution in [0.3, 0.4) is 0 Å². The summed E-state index contributed by atoms with van der Waals surface area (Å²) in [5.74, 6) is -3.98. The minimum atomic E-state index is -3.34. The molecule has 0 spiro atoms. The number of aromatic nitrogens is 1. The quantitative estimate of drug-likeness (QED) is 0.640. The Bertz CT molecular complexity index is 766. The van der Waals surface area contributed by atoms with Gasteiger partial charge in [0, 0.05) is 39.3 Å². The molecule has 17 heavy (non-hydrogen) atoms. The van der Waals surface area contributed by atoms with Crippen molar-refractivity contribution in [1.82, 2.24) is 9.88 Å². The van der Waals surface area contributed by atoms with E-state index < -0.39 is 41.9 Å². The van der Waals surface area contributed by atoms with Crippen molar-refractivity contribution in [2.24, 2.45) is 0 Å². The number of rotatable bonds is 2. The lowest BCUT2D eigenvalue weighted by Crippen LogP contribution is -2.29. The van der Waals surface area contributed by atoms with E-state index in [1.54, 1.807) is 0 Å². The van der Waals surface area contributed by atoms with Crippen LogP contribution in [0.1, 0.15) is 18.6 Å². The molecule has 1 aromatic heterocycles. The monoisotopic (exact) mass is 240 g/mol. The largest absolute Gasteiger partial charge is 0.360 e. The molecule has 88 valence electrons. The summed E-state index contributed by atoms with van der Waals surface area (Å²) in [6.45, 7) is -6.69. The lowest BCUT2D eigenvalue weighted by molar-refractivity contribution is -0.124. The molecular formula is C12H11FN2O2. The maximum atomic E-state index is 13.9. The molecule has 0 radical (unpaired) electrons. The molecule has 0 unspecified atom stereocenters. The van der Waals surface area contributed by atoms with Crippen LogP contribution in [0.15, 0.2) is 24.4 Å². The number of aromatic amines is 1. The number of nitrogens with one attached hydrogen (secondary N) is 1. The van der Waals surface area contributed by atoms with E-state index in [-0.39, 0.29) is 10.9 Å². The van der Waals surface area contributed by atoms with E-state index in [9.17, 15) is 14.0 Å². The number of H-pyrrole nitrogens is 1. The van der Waals surface area contributed by atoms with Crippen LogP contribution in [0.2, 0.25) is 0 Å². The van der Waals surface area contributed by atoms with Crippen LogP contribution in [0.25, 0.3) is 10.9 Å². The average molecular weight is 240 g/mol. The number of carbonyl (C=O) groups is 2. The number of halogens is 1. The Morgan fingerprint density at radius 3 is 2.88 bits per heavy atom. The number of hydrogen-bond donors (Lipinski definition) is 1. The van der Waals surface area contributed by atoms with E-state index in [1.165, 1.54) is 12.1 Å². The number of ketones is 1. The van der Waals surface area contributed by atoms with Gasteiger partial charge in [0.05, 0.1) is 5.56 Å². The van der Waals surface area contributed by atoms with Gasteiger partial charge in [-0.2, -0.15) is 0 Å². The number of hydrogen-bond acceptors (Lipinski definition) is 2. The highest BCUT2D eigenvalue weighted by molar-refractivity contribution is 6.44. The van der Waals surface area contributed by atoms with Gasteiger partial charge >= 0.3 is 0 Å². The zero-order valence-corrected chi connectivity index (χ0v) is 8.45. The summed E-state index contributed by atoms with van der Waals surface area (Å²) < 4.78 is 56.7. The molecule has 0 atom stereocenters. The van der Waals surface area contributed by atoms with Crippen LogP contribution in [0.5, 0.6) is 0 Å². The van der Waals surface area contributed by atoms with Gasteiger partial charge in [-0.1, -0.05) is 6.07 Å². The molecular weight excluding hydrogens is 223 g/mol. The maximum absolute atomic E-state index is 13.9. The summed E-state index contributed by atoms with van der Waals surface area (Å²) in [5.41, 5.74) is -0.211. The molecule has 0 aliphatic carbocycles. The first-order chi connectivity index (χ1) is 10.4. The third kappa shape index (κ3) is 1.80. The fourth-order valence-corrected chi connectivity index (χ4v) is 1.54. The van der Waals surface area contributed by atoms with Gasteiger partial charge in [-0.05, 0) is 12.1 Å². The van der Waals surface area contributed by atoms with Crippen molar-refractivity contribution >= 4 is 22.6 Å². The van der Waals surface area contributed by atoms with Crippen molar-refractivity contribution in [3.63, 3.8) is 0 Å². The van der Waals surface area contributed by atoms with Gasteiger partial charge in [0.25, 0.3) is 11.7 Å². The first-order valence-electron chi connectivity index (χ1n) is 7.59. The van der Waals surface area contributed by atoms with Gasteiger partial charge in [-0.3, -0.25) is 9.59 Å². The lowest BCUT2D eigenvalue weighted by Gasteiger charge is -2.08. The fourth-order valence-electron chi connectivity index (χ4n) is 1.54. The highest BCUT2D eigenvalue weighted by Crippen LogP contribution is 2.22. The Morgan fingerprint density at radius 1 is 1.41 bits per heavy atom. The van der Waals surface area contributed by atoms with E-state index in [4.69, 9.17) is 8.22 Å². The molecule has 2 aromatic rings. The van der Waals surface area contributed by atoms with Crippen molar-refractivity contribution in [3.8, 4) is 0 Å². The van der Waals surface area contributed by atoms with Gasteiger partial charge in [0.1, 0.15) is 5.82 Å². The first-order valence-corrected chi connectivity index (χ1v) is 4.59. The number of carbonyl (C=O) groups excluding carboxylic acids is 2. The van der Waals surface area contributed by atoms with Crippen LogP contribution in [-0.4, -0.2) is 35.5 Å². The number of likely N-dealkylation sites (N-methyl/N-ethyl adjacent to an activating group) is 1. The molecule has 0 aliphatic heterocycles. The smallest absolute Gasteiger partial charge is 0.294 e. The average Bonchev–Trinajstić information content (AvgIpc) is 2.79. The second-order valence-electron chi connectivity index (χ2n) is 3.33. The molecule has 0 saturated carbocycles. The van der Waals surface area contributed by atoms with Crippen molar-refractivity contribution in [1.29, 1.82) is 0 Å². The summed E-state index contributed by atoms with van der Waals surface area (Å²) in [6.07, 6.45) is 1.03. The van der Waals surface area contributed by atoms with Crippen LogP contribution in [0.4, 0.5) is 4.39 Å². The number of fused-ring (bicyclic) bond motifs is 1. The molecule has 0 fully saturated rings. The summed E-state index contributed by atoms with van der Waals surface area (Å²) in [4.78, 5) is 26.5. The minimum Gasteiger partial charge on any atom is -0.360 e. The molecule has 1 heterocycles. The third-order valence-electron chi connectivity index (χ3n) is 2.30. The Kier molecular flexibility index (Phi) is 1.40. The standard InChI is InChI=1S/C12H11FN2O2/c1-15(2)12(17)11(16)7-6-14-9-5-3-4-8(13)10(7)9/h3-6,14H,1-2H3/i1D3,2D3. The van der Waals surface area contributed by atoms with Crippen molar-refractivity contribution in [2.75, 3.05) is 14.0 Å². The summed E-state index contributed by atoms with van der Waals surface area (Å²) in [7, 11) is 0. The molecule has 2 rings (SSSR count). The van der Waals surface area contributed by atoms with Crippen LogP contribution < -0.4 is 0 Å². The number of nitrogens with zero attached hydrogens (tertiary/aromatic N) is 1. The van der Waals surface area contributed by atoms with Crippen molar-refractivity contribution < 1.29 is 22.2 Å².